The number of carboxylic acid groups (broad SMARTS) is 1. The first-order valence-electron chi connectivity index (χ1n) is 9.85. The van der Waals surface area contributed by atoms with Crippen molar-refractivity contribution >= 4 is 30.0 Å². The number of hydrogen-bond donors (Lipinski definition) is 2. The maximum Gasteiger partial charge on any atom is 0.373 e. The number of urea groups is 1. The monoisotopic (exact) mass is 474 g/mol. The molecule has 1 fully saturated rings. The van der Waals surface area contributed by atoms with E-state index in [4.69, 9.17) is 23.7 Å². The molecule has 1 aliphatic heterocycles. The second kappa shape index (κ2) is 9.98. The molecule has 1 aromatic carbocycles. The Bertz CT molecular complexity index is 1140. The Kier molecular flexibility index (Phi) is 7.09. The molecule has 1 atom stereocenters. The van der Waals surface area contributed by atoms with E-state index < -0.39 is 30.0 Å². The van der Waals surface area contributed by atoms with Crippen LogP contribution < -0.4 is 19.5 Å². The van der Waals surface area contributed by atoms with E-state index in [9.17, 15) is 19.2 Å². The van der Waals surface area contributed by atoms with E-state index >= 15 is 0 Å². The summed E-state index contributed by atoms with van der Waals surface area (Å²) >= 11 is 0. The summed E-state index contributed by atoms with van der Waals surface area (Å²) < 4.78 is 25.9. The first-order chi connectivity index (χ1) is 16.2. The van der Waals surface area contributed by atoms with E-state index in [1.807, 2.05) is 0 Å². The van der Waals surface area contributed by atoms with Gasteiger partial charge in [0.2, 0.25) is 11.5 Å². The number of carbonyl (C=O) groups excluding carboxylic acids is 3. The lowest BCUT2D eigenvalue weighted by Gasteiger charge is -2.17. The number of hydrogen-bond acceptors (Lipinski definition) is 9. The number of carboxylic acids is 1. The highest BCUT2D eigenvalue weighted by Crippen LogP contribution is 2.40. The van der Waals surface area contributed by atoms with Gasteiger partial charge in [0.05, 0.1) is 27.9 Å². The van der Waals surface area contributed by atoms with Crippen LogP contribution in [0.5, 0.6) is 17.2 Å². The van der Waals surface area contributed by atoms with Gasteiger partial charge in [0, 0.05) is 0 Å². The average molecular weight is 474 g/mol. The fourth-order valence-corrected chi connectivity index (χ4v) is 3.04. The molecular weight excluding hydrogens is 452 g/mol. The quantitative estimate of drug-likeness (QED) is 0.313. The van der Waals surface area contributed by atoms with Gasteiger partial charge < -0.3 is 33.8 Å². The van der Waals surface area contributed by atoms with Crippen LogP contribution >= 0.6 is 0 Å². The number of esters is 1. The first kappa shape index (κ1) is 24.2. The van der Waals surface area contributed by atoms with Crippen molar-refractivity contribution in [3.63, 3.8) is 0 Å². The Morgan fingerprint density at radius 3 is 2.35 bits per heavy atom. The molecule has 2 N–H and O–H groups in total. The molecule has 12 nitrogen and oxygen atoms in total. The smallest absolute Gasteiger partial charge is 0.373 e. The minimum Gasteiger partial charge on any atom is -0.493 e. The Balaban J connectivity index is 1.85. The lowest BCUT2D eigenvalue weighted by Crippen LogP contribution is -2.30. The molecule has 3 rings (SSSR count). The predicted octanol–water partition coefficient (Wildman–Crippen LogP) is 2.03. The van der Waals surface area contributed by atoms with Gasteiger partial charge in [-0.25, -0.2) is 14.4 Å². The summed E-state index contributed by atoms with van der Waals surface area (Å²) in [6.45, 7) is 1.15. The van der Waals surface area contributed by atoms with E-state index in [-0.39, 0.29) is 41.0 Å². The van der Waals surface area contributed by atoms with E-state index in [1.165, 1.54) is 58.6 Å². The predicted molar refractivity (Wildman–Crippen MR) is 114 cm³/mol. The van der Waals surface area contributed by atoms with Gasteiger partial charge >= 0.3 is 18.0 Å². The molecule has 1 aromatic heterocycles. The molecule has 0 bridgehead atoms. The molecule has 2 aromatic rings. The third-order valence-corrected chi connectivity index (χ3v) is 4.76. The van der Waals surface area contributed by atoms with Gasteiger partial charge in [-0.3, -0.25) is 9.69 Å². The molecule has 34 heavy (non-hydrogen) atoms. The van der Waals surface area contributed by atoms with Gasteiger partial charge in [0.25, 0.3) is 5.91 Å². The first-order valence-corrected chi connectivity index (χ1v) is 9.85. The van der Waals surface area contributed by atoms with Crippen molar-refractivity contribution in [1.29, 1.82) is 0 Å². The number of rotatable bonds is 9. The van der Waals surface area contributed by atoms with Crippen molar-refractivity contribution < 1.29 is 47.6 Å². The number of amides is 3. The fourth-order valence-electron chi connectivity index (χ4n) is 3.04. The Morgan fingerprint density at radius 1 is 1.15 bits per heavy atom. The molecule has 12 heteroatoms. The van der Waals surface area contributed by atoms with E-state index in [1.54, 1.807) is 0 Å². The summed E-state index contributed by atoms with van der Waals surface area (Å²) in [5.74, 6) is -1.93. The van der Waals surface area contributed by atoms with Crippen LogP contribution in [0.4, 0.5) is 4.79 Å². The molecule has 180 valence electrons. The Labute approximate surface area is 193 Å². The van der Waals surface area contributed by atoms with Crippen molar-refractivity contribution in [1.82, 2.24) is 10.2 Å². The molecule has 0 radical (unpaired) electrons. The number of benzene rings is 1. The minimum absolute atomic E-state index is 0.0265. The summed E-state index contributed by atoms with van der Waals surface area (Å²) in [4.78, 5) is 48.8. The maximum atomic E-state index is 12.8. The third kappa shape index (κ3) is 4.95. The zero-order valence-electron chi connectivity index (χ0n) is 18.7. The fraction of sp³-hybridized carbons (Fsp3) is 0.273. The summed E-state index contributed by atoms with van der Waals surface area (Å²) in [5.41, 5.74) is 0.391. The topological polar surface area (TPSA) is 154 Å². The van der Waals surface area contributed by atoms with Crippen LogP contribution in [0.25, 0.3) is 6.08 Å². The van der Waals surface area contributed by atoms with Crippen LogP contribution in [0, 0.1) is 0 Å². The number of ether oxygens (including phenoxy) is 4. The molecule has 1 aliphatic rings. The highest BCUT2D eigenvalue weighted by atomic mass is 16.6. The maximum absolute atomic E-state index is 12.8. The van der Waals surface area contributed by atoms with Crippen LogP contribution in [0.2, 0.25) is 0 Å². The van der Waals surface area contributed by atoms with Gasteiger partial charge in [-0.2, -0.15) is 0 Å². The molecule has 3 amide bonds. The SMILES string of the molecule is COC(=O)c1ccc(CN2C(=O)N/C(=C\c3cc(OC)c(O[C@H](C)C(=O)O)c(OC)c3)C2=O)o1. The summed E-state index contributed by atoms with van der Waals surface area (Å²) in [6, 6.07) is 5.15. The second-order valence-electron chi connectivity index (χ2n) is 6.99. The third-order valence-electron chi connectivity index (χ3n) is 4.76. The van der Waals surface area contributed by atoms with Crippen molar-refractivity contribution in [3.05, 3.63) is 47.0 Å². The minimum atomic E-state index is -1.18. The van der Waals surface area contributed by atoms with Gasteiger partial charge in [-0.15, -0.1) is 0 Å². The zero-order chi connectivity index (χ0) is 25.0. The highest BCUT2D eigenvalue weighted by Gasteiger charge is 2.34. The highest BCUT2D eigenvalue weighted by molar-refractivity contribution is 6.13. The molecule has 0 spiro atoms. The number of methoxy groups -OCH3 is 3. The van der Waals surface area contributed by atoms with E-state index in [2.05, 4.69) is 10.1 Å². The van der Waals surface area contributed by atoms with Crippen LogP contribution in [0.3, 0.4) is 0 Å². The van der Waals surface area contributed by atoms with E-state index in [0.29, 0.717) is 5.56 Å². The van der Waals surface area contributed by atoms with Crippen LogP contribution in [-0.4, -0.2) is 61.3 Å². The van der Waals surface area contributed by atoms with Crippen molar-refractivity contribution in [2.45, 2.75) is 19.6 Å². The van der Waals surface area contributed by atoms with E-state index in [0.717, 1.165) is 4.90 Å². The molecule has 1 saturated heterocycles. The second-order valence-corrected chi connectivity index (χ2v) is 6.99. The normalized spacial score (nSPS) is 15.2. The van der Waals surface area contributed by atoms with Crippen LogP contribution in [-0.2, 0) is 20.9 Å². The largest absolute Gasteiger partial charge is 0.493 e. The summed E-state index contributed by atoms with van der Waals surface area (Å²) in [7, 11) is 3.93. The number of aliphatic carboxylic acids is 1. The number of imide groups is 1. The molecule has 0 unspecified atom stereocenters. The Hall–Kier alpha value is -4.48. The lowest BCUT2D eigenvalue weighted by molar-refractivity contribution is -0.144. The van der Waals surface area contributed by atoms with Crippen LogP contribution in [0.1, 0.15) is 28.8 Å². The van der Waals surface area contributed by atoms with Gasteiger partial charge in [-0.1, -0.05) is 0 Å². The molecular formula is C22H22N2O10. The van der Waals surface area contributed by atoms with Gasteiger partial charge in [-0.05, 0) is 42.8 Å². The number of furan rings is 1. The van der Waals surface area contributed by atoms with Crippen molar-refractivity contribution in [3.8, 4) is 17.2 Å². The number of nitrogens with zero attached hydrogens (tertiary/aromatic N) is 1. The summed E-state index contributed by atoms with van der Waals surface area (Å²) in [6.07, 6.45) is 0.232. The molecule has 2 heterocycles. The van der Waals surface area contributed by atoms with Gasteiger partial charge in [0.1, 0.15) is 11.5 Å². The number of carbonyl (C=O) groups is 4. The van der Waals surface area contributed by atoms with Crippen molar-refractivity contribution in [2.24, 2.45) is 0 Å². The number of nitrogens with one attached hydrogen (secondary N) is 1. The molecule has 0 saturated carbocycles. The standard InChI is InChI=1S/C22H22N2O10/c1-11(20(26)27)33-18-16(30-2)8-12(9-17(18)31-3)7-14-19(25)24(22(29)23-14)10-13-5-6-15(34-13)21(28)32-4/h5-9,11H,10H2,1-4H3,(H,23,29)(H,26,27)/b14-7-/t11-/m1/s1. The Morgan fingerprint density at radius 2 is 1.79 bits per heavy atom. The van der Waals surface area contributed by atoms with Crippen molar-refractivity contribution in [2.75, 3.05) is 21.3 Å². The molecule has 0 aliphatic carbocycles. The average Bonchev–Trinajstić information content (AvgIpc) is 3.39. The summed E-state index contributed by atoms with van der Waals surface area (Å²) in [5, 5.41) is 11.6. The zero-order valence-corrected chi connectivity index (χ0v) is 18.7. The van der Waals surface area contributed by atoms with Crippen LogP contribution in [0.15, 0.2) is 34.4 Å². The lowest BCUT2D eigenvalue weighted by atomic mass is 10.1. The van der Waals surface area contributed by atoms with Gasteiger partial charge in [0.15, 0.2) is 17.6 Å².